The molecule has 3 nitrogen and oxygen atoms in total. The molecule has 2 atom stereocenters. The highest BCUT2D eigenvalue weighted by Gasteiger charge is 2.27. The number of phenols is 1. The highest BCUT2D eigenvalue weighted by atomic mass is 79.9. The normalized spacial score (nSPS) is 19.6. The van der Waals surface area contributed by atoms with E-state index in [1.807, 2.05) is 66.7 Å². The summed E-state index contributed by atoms with van der Waals surface area (Å²) in [6.45, 7) is 0. The quantitative estimate of drug-likeness (QED) is 0.521. The molecular weight excluding hydrogens is 424 g/mol. The molecule has 0 aromatic heterocycles. The molecule has 0 saturated heterocycles. The summed E-state index contributed by atoms with van der Waals surface area (Å²) >= 11 is 9.68. The zero-order chi connectivity index (χ0) is 18.8. The number of hydrogen-bond donors (Lipinski definition) is 2. The van der Waals surface area contributed by atoms with Crippen LogP contribution in [0.1, 0.15) is 35.3 Å². The van der Waals surface area contributed by atoms with Crippen molar-refractivity contribution in [1.29, 1.82) is 0 Å². The second-order valence-electron chi connectivity index (χ2n) is 6.52. The molecule has 0 aliphatic carbocycles. The minimum atomic E-state index is -0.203. The summed E-state index contributed by atoms with van der Waals surface area (Å²) in [6.07, 6.45) is 0.468. The van der Waals surface area contributed by atoms with Crippen molar-refractivity contribution in [2.24, 2.45) is 4.99 Å². The molecule has 3 aromatic carbocycles. The minimum Gasteiger partial charge on any atom is -0.508 e. The van der Waals surface area contributed by atoms with Crippen LogP contribution >= 0.6 is 27.5 Å². The van der Waals surface area contributed by atoms with Gasteiger partial charge in [0.2, 0.25) is 0 Å². The number of para-hydroxylation sites is 1. The van der Waals surface area contributed by atoms with E-state index in [0.717, 1.165) is 26.9 Å². The van der Waals surface area contributed by atoms with E-state index in [1.165, 1.54) is 0 Å². The maximum absolute atomic E-state index is 10.3. The average molecular weight is 442 g/mol. The lowest BCUT2D eigenvalue weighted by atomic mass is 9.93. The second-order valence-corrected chi connectivity index (χ2v) is 7.87. The van der Waals surface area contributed by atoms with Crippen molar-refractivity contribution in [3.05, 3.63) is 99.0 Å². The van der Waals surface area contributed by atoms with Crippen molar-refractivity contribution in [2.75, 3.05) is 0 Å². The first-order chi connectivity index (χ1) is 13.1. The van der Waals surface area contributed by atoms with E-state index in [9.17, 15) is 5.11 Å². The molecule has 2 N–H and O–H groups in total. The molecule has 0 unspecified atom stereocenters. The number of nitrogens with one attached hydrogen (secondary N) is 1. The molecular formula is C22H18BrClN2O. The summed E-state index contributed by atoms with van der Waals surface area (Å²) < 4.78 is 1.03. The van der Waals surface area contributed by atoms with Crippen LogP contribution in [0.5, 0.6) is 5.75 Å². The molecule has 1 heterocycles. The average Bonchev–Trinajstić information content (AvgIpc) is 2.68. The van der Waals surface area contributed by atoms with Crippen LogP contribution in [-0.2, 0) is 0 Å². The summed E-state index contributed by atoms with van der Waals surface area (Å²) in [5, 5.41) is 14.6. The number of aliphatic imine (C=N–C) groups is 1. The van der Waals surface area contributed by atoms with Crippen LogP contribution in [0.25, 0.3) is 0 Å². The second kappa shape index (κ2) is 7.85. The van der Waals surface area contributed by atoms with Gasteiger partial charge in [0.05, 0.1) is 0 Å². The third kappa shape index (κ3) is 4.08. The van der Waals surface area contributed by atoms with Gasteiger partial charge in [-0.3, -0.25) is 10.3 Å². The third-order valence-electron chi connectivity index (χ3n) is 4.70. The number of benzene rings is 3. The van der Waals surface area contributed by atoms with E-state index < -0.39 is 0 Å². The molecule has 0 amide bonds. The van der Waals surface area contributed by atoms with Gasteiger partial charge in [0.15, 0.2) is 0 Å². The fraction of sp³-hybridized carbons (Fsp3) is 0.136. The van der Waals surface area contributed by atoms with Gasteiger partial charge in [-0.2, -0.15) is 0 Å². The lowest BCUT2D eigenvalue weighted by Gasteiger charge is -2.31. The maximum atomic E-state index is 10.3. The SMILES string of the molecule is Oc1ccccc1[C@H]1CC(c2cccc(Cl)c2)=N[C@@H](c2ccc(Br)cc2)N1. The Morgan fingerprint density at radius 1 is 1.00 bits per heavy atom. The molecule has 136 valence electrons. The zero-order valence-electron chi connectivity index (χ0n) is 14.4. The van der Waals surface area contributed by atoms with E-state index in [0.29, 0.717) is 11.4 Å². The van der Waals surface area contributed by atoms with Gasteiger partial charge in [-0.1, -0.05) is 70.0 Å². The van der Waals surface area contributed by atoms with Gasteiger partial charge in [-0.05, 0) is 41.5 Å². The van der Waals surface area contributed by atoms with Crippen molar-refractivity contribution in [1.82, 2.24) is 5.32 Å². The van der Waals surface area contributed by atoms with Gasteiger partial charge in [0, 0.05) is 33.2 Å². The molecule has 0 fully saturated rings. The number of nitrogens with zero attached hydrogens (tertiary/aromatic N) is 1. The Labute approximate surface area is 171 Å². The number of halogens is 2. The van der Waals surface area contributed by atoms with Gasteiger partial charge >= 0.3 is 0 Å². The summed E-state index contributed by atoms with van der Waals surface area (Å²) in [7, 11) is 0. The number of phenolic OH excluding ortho intramolecular Hbond substituents is 1. The Hall–Kier alpha value is -2.14. The van der Waals surface area contributed by atoms with Crippen LogP contribution in [0.2, 0.25) is 5.02 Å². The molecule has 0 spiro atoms. The maximum Gasteiger partial charge on any atom is 0.126 e. The molecule has 4 rings (SSSR count). The lowest BCUT2D eigenvalue weighted by molar-refractivity contribution is 0.412. The van der Waals surface area contributed by atoms with Gasteiger partial charge in [-0.25, -0.2) is 0 Å². The van der Waals surface area contributed by atoms with E-state index in [2.05, 4.69) is 21.2 Å². The lowest BCUT2D eigenvalue weighted by Crippen LogP contribution is -2.33. The largest absolute Gasteiger partial charge is 0.508 e. The summed E-state index contributed by atoms with van der Waals surface area (Å²) in [6, 6.07) is 23.3. The van der Waals surface area contributed by atoms with E-state index >= 15 is 0 Å². The van der Waals surface area contributed by atoms with Gasteiger partial charge in [0.25, 0.3) is 0 Å². The highest BCUT2D eigenvalue weighted by Crippen LogP contribution is 2.34. The van der Waals surface area contributed by atoms with Crippen molar-refractivity contribution in [3.63, 3.8) is 0 Å². The van der Waals surface area contributed by atoms with Crippen molar-refractivity contribution >= 4 is 33.2 Å². The van der Waals surface area contributed by atoms with E-state index in [-0.39, 0.29) is 18.0 Å². The first-order valence-corrected chi connectivity index (χ1v) is 9.89. The smallest absolute Gasteiger partial charge is 0.126 e. The Morgan fingerprint density at radius 2 is 1.78 bits per heavy atom. The summed E-state index contributed by atoms with van der Waals surface area (Å²) in [4.78, 5) is 4.95. The number of rotatable bonds is 3. The Balaban J connectivity index is 1.76. The van der Waals surface area contributed by atoms with Gasteiger partial charge < -0.3 is 5.11 Å². The standard InChI is InChI=1S/C22H18BrClN2O/c23-16-10-8-14(9-11-16)22-25-19(15-4-3-5-17(24)12-15)13-20(26-22)18-6-1-2-7-21(18)27/h1-12,20,22,26-27H,13H2/t20-,22-/m1/s1. The third-order valence-corrected chi connectivity index (χ3v) is 5.46. The summed E-state index contributed by atoms with van der Waals surface area (Å²) in [5.74, 6) is 0.289. The number of aromatic hydroxyl groups is 1. The topological polar surface area (TPSA) is 44.6 Å². The molecule has 1 aliphatic rings. The molecule has 0 radical (unpaired) electrons. The van der Waals surface area contributed by atoms with E-state index in [1.54, 1.807) is 6.07 Å². The van der Waals surface area contributed by atoms with E-state index in [4.69, 9.17) is 16.6 Å². The molecule has 27 heavy (non-hydrogen) atoms. The van der Waals surface area contributed by atoms with Gasteiger partial charge in [0.1, 0.15) is 11.9 Å². The monoisotopic (exact) mass is 440 g/mol. The van der Waals surface area contributed by atoms with Crippen molar-refractivity contribution < 1.29 is 5.11 Å². The Morgan fingerprint density at radius 3 is 2.52 bits per heavy atom. The van der Waals surface area contributed by atoms with Gasteiger partial charge in [-0.15, -0.1) is 0 Å². The molecule has 3 aromatic rings. The zero-order valence-corrected chi connectivity index (χ0v) is 16.8. The number of hydrogen-bond acceptors (Lipinski definition) is 3. The predicted molar refractivity (Wildman–Crippen MR) is 113 cm³/mol. The van der Waals surface area contributed by atoms with Crippen LogP contribution in [-0.4, -0.2) is 10.8 Å². The van der Waals surface area contributed by atoms with Crippen LogP contribution < -0.4 is 5.32 Å². The van der Waals surface area contributed by atoms with Crippen LogP contribution in [0.15, 0.2) is 82.3 Å². The fourth-order valence-corrected chi connectivity index (χ4v) is 3.80. The first-order valence-electron chi connectivity index (χ1n) is 8.72. The Kier molecular flexibility index (Phi) is 5.30. The van der Waals surface area contributed by atoms with Crippen LogP contribution in [0.3, 0.4) is 0 Å². The predicted octanol–water partition coefficient (Wildman–Crippen LogP) is 6.03. The van der Waals surface area contributed by atoms with Crippen LogP contribution in [0, 0.1) is 0 Å². The molecule has 1 aliphatic heterocycles. The molecule has 5 heteroatoms. The fourth-order valence-electron chi connectivity index (χ4n) is 3.35. The minimum absolute atomic E-state index is 0.0497. The first kappa shape index (κ1) is 18.2. The Bertz CT molecular complexity index is 988. The summed E-state index contributed by atoms with van der Waals surface area (Å²) in [5.41, 5.74) is 3.91. The van der Waals surface area contributed by atoms with Crippen LogP contribution in [0.4, 0.5) is 0 Å². The van der Waals surface area contributed by atoms with Crippen molar-refractivity contribution in [3.8, 4) is 5.75 Å². The highest BCUT2D eigenvalue weighted by molar-refractivity contribution is 9.10. The molecule has 0 saturated carbocycles. The molecule has 0 bridgehead atoms. The van der Waals surface area contributed by atoms with Crippen molar-refractivity contribution in [2.45, 2.75) is 18.6 Å².